The lowest BCUT2D eigenvalue weighted by Gasteiger charge is -2.26. The van der Waals surface area contributed by atoms with Crippen LogP contribution in [0.25, 0.3) is 0 Å². The third-order valence-corrected chi connectivity index (χ3v) is 3.94. The van der Waals surface area contributed by atoms with E-state index in [-0.39, 0.29) is 6.04 Å². The minimum atomic E-state index is -4.40. The van der Waals surface area contributed by atoms with Crippen molar-refractivity contribution < 1.29 is 13.2 Å². The highest BCUT2D eigenvalue weighted by atomic mass is 19.4. The summed E-state index contributed by atoms with van der Waals surface area (Å²) >= 11 is 0. The molecule has 0 aliphatic carbocycles. The second kappa shape index (κ2) is 8.88. The molecule has 0 fully saturated rings. The number of hydrogen-bond donors (Lipinski definition) is 0. The van der Waals surface area contributed by atoms with E-state index in [9.17, 15) is 13.2 Å². The van der Waals surface area contributed by atoms with Crippen LogP contribution in [-0.4, -0.2) is 24.7 Å². The Hall–Kier alpha value is -1.81. The predicted octanol–water partition coefficient (Wildman–Crippen LogP) is 6.00. The fourth-order valence-corrected chi connectivity index (χ4v) is 2.25. The van der Waals surface area contributed by atoms with Crippen LogP contribution in [0, 0.1) is 6.92 Å². The van der Waals surface area contributed by atoms with Gasteiger partial charge in [-0.25, -0.2) is 0 Å². The minimum absolute atomic E-state index is 0.100. The zero-order valence-corrected chi connectivity index (χ0v) is 14.8. The van der Waals surface area contributed by atoms with Gasteiger partial charge in [-0.2, -0.15) is 13.2 Å². The van der Waals surface area contributed by atoms with Crippen molar-refractivity contribution in [1.29, 1.82) is 0 Å². The molecule has 24 heavy (non-hydrogen) atoms. The average Bonchev–Trinajstić information content (AvgIpc) is 2.51. The van der Waals surface area contributed by atoms with E-state index in [4.69, 9.17) is 0 Å². The summed E-state index contributed by atoms with van der Waals surface area (Å²) in [6, 6.07) is 8.29. The lowest BCUT2D eigenvalue weighted by molar-refractivity contribution is -0.0878. The quantitative estimate of drug-likeness (QED) is 0.552. The molecule has 1 aromatic carbocycles. The Balaban J connectivity index is 2.92. The molecule has 132 valence electrons. The first kappa shape index (κ1) is 20.2. The summed E-state index contributed by atoms with van der Waals surface area (Å²) in [4.78, 5) is 2.03. The molecular formula is C20H26F3N. The minimum Gasteiger partial charge on any atom is -0.295 e. The third-order valence-electron chi connectivity index (χ3n) is 3.94. The van der Waals surface area contributed by atoms with Crippen LogP contribution < -0.4 is 0 Å². The van der Waals surface area contributed by atoms with Crippen molar-refractivity contribution in [3.05, 3.63) is 71.3 Å². The van der Waals surface area contributed by atoms with E-state index < -0.39 is 11.7 Å². The monoisotopic (exact) mass is 337 g/mol. The molecule has 0 N–H and O–H groups in total. The lowest BCUT2D eigenvalue weighted by Crippen LogP contribution is -2.24. The van der Waals surface area contributed by atoms with Crippen molar-refractivity contribution in [2.24, 2.45) is 0 Å². The van der Waals surface area contributed by atoms with Crippen LogP contribution in [0.5, 0.6) is 0 Å². The molecule has 1 rings (SSSR count). The molecule has 1 atom stereocenters. The fraction of sp³-hybridized carbons (Fsp3) is 0.400. The van der Waals surface area contributed by atoms with Gasteiger partial charge in [0.15, 0.2) is 0 Å². The second-order valence-electron chi connectivity index (χ2n) is 6.05. The topological polar surface area (TPSA) is 3.24 Å². The van der Waals surface area contributed by atoms with Gasteiger partial charge in [-0.05, 0) is 44.5 Å². The Labute approximate surface area is 143 Å². The maximum absolute atomic E-state index is 12.7. The Morgan fingerprint density at radius 1 is 1.25 bits per heavy atom. The number of hydrogen-bond acceptors (Lipinski definition) is 1. The second-order valence-corrected chi connectivity index (χ2v) is 6.05. The zero-order chi connectivity index (χ0) is 18.3. The van der Waals surface area contributed by atoms with Crippen molar-refractivity contribution in [3.8, 4) is 0 Å². The predicted molar refractivity (Wildman–Crippen MR) is 94.9 cm³/mol. The molecule has 0 aromatic heterocycles. The highest BCUT2D eigenvalue weighted by Crippen LogP contribution is 2.27. The molecule has 0 amide bonds. The van der Waals surface area contributed by atoms with E-state index in [0.29, 0.717) is 12.1 Å². The molecule has 1 nitrogen and oxygen atoms in total. The average molecular weight is 337 g/mol. The van der Waals surface area contributed by atoms with Gasteiger partial charge in [0.2, 0.25) is 0 Å². The van der Waals surface area contributed by atoms with Crippen molar-refractivity contribution in [3.63, 3.8) is 0 Å². The number of likely N-dealkylation sites (N-methyl/N-ethyl adjacent to an activating group) is 1. The maximum Gasteiger partial charge on any atom is 0.415 e. The van der Waals surface area contributed by atoms with Crippen LogP contribution in [0.2, 0.25) is 0 Å². The van der Waals surface area contributed by atoms with Gasteiger partial charge in [0.1, 0.15) is 0 Å². The number of nitrogens with zero attached hydrogens (tertiary/aromatic N) is 1. The molecule has 0 spiro atoms. The van der Waals surface area contributed by atoms with E-state index in [0.717, 1.165) is 18.1 Å². The van der Waals surface area contributed by atoms with Crippen LogP contribution in [0.1, 0.15) is 37.4 Å². The van der Waals surface area contributed by atoms with Gasteiger partial charge in [0, 0.05) is 18.2 Å². The van der Waals surface area contributed by atoms with E-state index in [2.05, 4.69) is 18.7 Å². The van der Waals surface area contributed by atoms with Crippen LogP contribution in [0.15, 0.2) is 60.2 Å². The van der Waals surface area contributed by atoms with Gasteiger partial charge in [0.05, 0.1) is 0 Å². The number of aryl methyl sites for hydroxylation is 1. The third kappa shape index (κ3) is 6.36. The summed E-state index contributed by atoms with van der Waals surface area (Å²) in [7, 11) is 1.91. The number of rotatable bonds is 7. The molecule has 0 radical (unpaired) electrons. The van der Waals surface area contributed by atoms with Crippen LogP contribution in [-0.2, 0) is 0 Å². The van der Waals surface area contributed by atoms with Gasteiger partial charge < -0.3 is 0 Å². The fourth-order valence-electron chi connectivity index (χ4n) is 2.25. The largest absolute Gasteiger partial charge is 0.415 e. The van der Waals surface area contributed by atoms with Gasteiger partial charge in [-0.1, -0.05) is 55.5 Å². The molecule has 1 unspecified atom stereocenters. The van der Waals surface area contributed by atoms with Gasteiger partial charge in [-0.15, -0.1) is 0 Å². The Bertz CT molecular complexity index is 594. The summed E-state index contributed by atoms with van der Waals surface area (Å²) in [5, 5.41) is 0. The molecule has 0 heterocycles. The zero-order valence-electron chi connectivity index (χ0n) is 14.8. The first-order valence-electron chi connectivity index (χ1n) is 8.05. The first-order chi connectivity index (χ1) is 11.1. The summed E-state index contributed by atoms with van der Waals surface area (Å²) in [5.41, 5.74) is 2.09. The Morgan fingerprint density at radius 3 is 2.33 bits per heavy atom. The maximum atomic E-state index is 12.7. The highest BCUT2D eigenvalue weighted by molar-refractivity contribution is 5.32. The summed E-state index contributed by atoms with van der Waals surface area (Å²) in [6.07, 6.45) is 1.11. The van der Waals surface area contributed by atoms with Crippen LogP contribution >= 0.6 is 0 Å². The standard InChI is InChI=1S/C20H26F3N/c1-6-7-8-18(13-16(3)20(21,22)23)14-24(5)17(4)19-11-9-15(2)10-12-19/h7-13,17H,3,6,14H2,1-2,4-5H3/b8-7-,18-13+. The molecular weight excluding hydrogens is 311 g/mol. The number of halogens is 3. The SMILES string of the molecule is C=C(/C=C(\C=C/CC)CN(C)C(C)c1ccc(C)cc1)C(F)(F)F. The van der Waals surface area contributed by atoms with E-state index in [1.165, 1.54) is 5.56 Å². The van der Waals surface area contributed by atoms with Crippen LogP contribution in [0.3, 0.4) is 0 Å². The lowest BCUT2D eigenvalue weighted by atomic mass is 10.0. The smallest absolute Gasteiger partial charge is 0.295 e. The number of benzene rings is 1. The molecule has 0 aliphatic heterocycles. The molecule has 0 saturated heterocycles. The van der Waals surface area contributed by atoms with E-state index in [1.807, 2.05) is 50.9 Å². The summed E-state index contributed by atoms with van der Waals surface area (Å²) < 4.78 is 38.2. The molecule has 0 saturated carbocycles. The van der Waals surface area contributed by atoms with Gasteiger partial charge >= 0.3 is 6.18 Å². The molecule has 4 heteroatoms. The van der Waals surface area contributed by atoms with Crippen molar-refractivity contribution >= 4 is 0 Å². The molecule has 0 aliphatic rings. The summed E-state index contributed by atoms with van der Waals surface area (Å²) in [5.74, 6) is 0. The van der Waals surface area contributed by atoms with Crippen molar-refractivity contribution in [1.82, 2.24) is 4.90 Å². The van der Waals surface area contributed by atoms with Crippen molar-refractivity contribution in [2.45, 2.75) is 39.4 Å². The van der Waals surface area contributed by atoms with Gasteiger partial charge in [0.25, 0.3) is 0 Å². The first-order valence-corrected chi connectivity index (χ1v) is 8.05. The Kier molecular flexibility index (Phi) is 7.49. The summed E-state index contributed by atoms with van der Waals surface area (Å²) in [6.45, 7) is 9.58. The molecule has 0 bridgehead atoms. The number of alkyl halides is 3. The van der Waals surface area contributed by atoms with Gasteiger partial charge in [-0.3, -0.25) is 4.90 Å². The van der Waals surface area contributed by atoms with E-state index in [1.54, 1.807) is 6.08 Å². The normalized spacial score (nSPS) is 14.4. The van der Waals surface area contributed by atoms with Crippen LogP contribution in [0.4, 0.5) is 13.2 Å². The highest BCUT2D eigenvalue weighted by Gasteiger charge is 2.30. The molecule has 1 aromatic rings. The van der Waals surface area contributed by atoms with E-state index >= 15 is 0 Å². The Morgan fingerprint density at radius 2 is 1.83 bits per heavy atom. The van der Waals surface area contributed by atoms with Crippen molar-refractivity contribution in [2.75, 3.05) is 13.6 Å². The number of allylic oxidation sites excluding steroid dienone is 3.